The molecular formula is C21H16ClF2N3O. The highest BCUT2D eigenvalue weighted by atomic mass is 35.5. The van der Waals surface area contributed by atoms with Crippen molar-refractivity contribution in [1.29, 1.82) is 0 Å². The minimum Gasteiger partial charge on any atom is -0.325 e. The van der Waals surface area contributed by atoms with Crippen LogP contribution in [0.2, 0.25) is 5.02 Å². The van der Waals surface area contributed by atoms with Gasteiger partial charge in [0.05, 0.1) is 11.6 Å². The topological polar surface area (TPSA) is 46.9 Å². The summed E-state index contributed by atoms with van der Waals surface area (Å²) in [5.74, 6) is -1.31. The van der Waals surface area contributed by atoms with Gasteiger partial charge in [-0.1, -0.05) is 35.9 Å². The number of benzene rings is 2. The van der Waals surface area contributed by atoms with Gasteiger partial charge in [0.1, 0.15) is 5.82 Å². The van der Waals surface area contributed by atoms with Crippen LogP contribution in [0, 0.1) is 18.6 Å². The number of nitrogens with zero attached hydrogens (tertiary/aromatic N) is 2. The predicted octanol–water partition coefficient (Wildman–Crippen LogP) is 4.84. The van der Waals surface area contributed by atoms with Gasteiger partial charge in [0.25, 0.3) is 0 Å². The molecule has 0 amide bonds. The number of allylic oxidation sites excluding steroid dienone is 1. The minimum atomic E-state index is -0.965. The smallest absolute Gasteiger partial charge is 0.310 e. The normalized spacial score (nSPS) is 12.3. The van der Waals surface area contributed by atoms with Crippen LogP contribution in [0.25, 0.3) is 6.08 Å². The van der Waals surface area contributed by atoms with Gasteiger partial charge in [0.2, 0.25) is 11.8 Å². The standard InChI is InChI=1S/C21H16ClF2N3O/c1-12-7-14-3-2-4-15(14)9-19(12)25-21-26-20(28)18(24)11-27(21)10-13-5-6-17(23)16(22)8-13/h2,4-9,11H,3,10H2,1H3,(H,25,26,28). The molecule has 0 radical (unpaired) electrons. The van der Waals surface area contributed by atoms with Crippen LogP contribution in [0.1, 0.15) is 22.3 Å². The first-order valence-electron chi connectivity index (χ1n) is 8.69. The zero-order valence-corrected chi connectivity index (χ0v) is 15.7. The SMILES string of the molecule is Cc1cc2c(cc1Nc1nc(=O)c(F)cn1Cc1ccc(F)c(Cl)c1)C=CC2. The zero-order chi connectivity index (χ0) is 19.8. The maximum Gasteiger partial charge on any atom is 0.310 e. The van der Waals surface area contributed by atoms with Crippen molar-refractivity contribution in [1.82, 2.24) is 9.55 Å². The van der Waals surface area contributed by atoms with Crippen molar-refractivity contribution in [3.8, 4) is 0 Å². The maximum absolute atomic E-state index is 13.9. The molecule has 142 valence electrons. The zero-order valence-electron chi connectivity index (χ0n) is 15.0. The molecule has 0 fully saturated rings. The minimum absolute atomic E-state index is 0.0252. The Kier molecular flexibility index (Phi) is 4.73. The largest absolute Gasteiger partial charge is 0.325 e. The lowest BCUT2D eigenvalue weighted by atomic mass is 10.0. The molecule has 28 heavy (non-hydrogen) atoms. The maximum atomic E-state index is 13.9. The van der Waals surface area contributed by atoms with E-state index < -0.39 is 17.2 Å². The number of aryl methyl sites for hydroxylation is 1. The Morgan fingerprint density at radius 1 is 1.21 bits per heavy atom. The molecule has 7 heteroatoms. The molecule has 3 aromatic rings. The molecule has 0 bridgehead atoms. The number of hydrogen-bond acceptors (Lipinski definition) is 3. The van der Waals surface area contributed by atoms with Gasteiger partial charge in [-0.15, -0.1) is 0 Å². The van der Waals surface area contributed by atoms with Gasteiger partial charge in [-0.3, -0.25) is 4.79 Å². The van der Waals surface area contributed by atoms with Crippen LogP contribution in [0.5, 0.6) is 0 Å². The van der Waals surface area contributed by atoms with Crippen LogP contribution in [0.15, 0.2) is 47.4 Å². The van der Waals surface area contributed by atoms with E-state index in [9.17, 15) is 13.6 Å². The Morgan fingerprint density at radius 3 is 2.82 bits per heavy atom. The summed E-state index contributed by atoms with van der Waals surface area (Å²) in [6.07, 6.45) is 6.09. The van der Waals surface area contributed by atoms with Gasteiger partial charge in [-0.2, -0.15) is 9.37 Å². The highest BCUT2D eigenvalue weighted by Gasteiger charge is 2.13. The van der Waals surface area contributed by atoms with E-state index in [1.807, 2.05) is 19.1 Å². The molecule has 0 spiro atoms. The second-order valence-corrected chi connectivity index (χ2v) is 7.10. The molecule has 4 nitrogen and oxygen atoms in total. The van der Waals surface area contributed by atoms with Gasteiger partial charge in [0, 0.05) is 11.9 Å². The summed E-state index contributed by atoms with van der Waals surface area (Å²) < 4.78 is 28.8. The van der Waals surface area contributed by atoms with E-state index in [2.05, 4.69) is 22.4 Å². The van der Waals surface area contributed by atoms with E-state index in [0.717, 1.165) is 29.4 Å². The Hall–Kier alpha value is -2.99. The van der Waals surface area contributed by atoms with Crippen molar-refractivity contribution in [3.63, 3.8) is 0 Å². The van der Waals surface area contributed by atoms with Crippen molar-refractivity contribution in [2.24, 2.45) is 0 Å². The monoisotopic (exact) mass is 399 g/mol. The highest BCUT2D eigenvalue weighted by molar-refractivity contribution is 6.30. The third-order valence-electron chi connectivity index (χ3n) is 4.66. The summed E-state index contributed by atoms with van der Waals surface area (Å²) in [5.41, 5.74) is 3.78. The van der Waals surface area contributed by atoms with Gasteiger partial charge >= 0.3 is 5.56 Å². The van der Waals surface area contributed by atoms with Crippen LogP contribution in [-0.2, 0) is 13.0 Å². The quantitative estimate of drug-likeness (QED) is 0.682. The van der Waals surface area contributed by atoms with Crippen LogP contribution in [0.3, 0.4) is 0 Å². The fourth-order valence-corrected chi connectivity index (χ4v) is 3.41. The Labute approximate surface area is 165 Å². The van der Waals surface area contributed by atoms with Gasteiger partial charge < -0.3 is 9.88 Å². The lowest BCUT2D eigenvalue weighted by molar-refractivity contribution is 0.578. The number of aromatic nitrogens is 2. The molecule has 0 atom stereocenters. The third-order valence-corrected chi connectivity index (χ3v) is 4.95. The molecule has 1 heterocycles. The number of halogens is 3. The molecule has 2 aromatic carbocycles. The van der Waals surface area contributed by atoms with Crippen LogP contribution in [0.4, 0.5) is 20.4 Å². The molecule has 1 aromatic heterocycles. The van der Waals surface area contributed by atoms with Crippen molar-refractivity contribution in [2.75, 3.05) is 5.32 Å². The fraction of sp³-hybridized carbons (Fsp3) is 0.143. The summed E-state index contributed by atoms with van der Waals surface area (Å²) >= 11 is 5.83. The van der Waals surface area contributed by atoms with Crippen molar-refractivity contribution in [3.05, 3.63) is 91.9 Å². The first-order chi connectivity index (χ1) is 13.4. The van der Waals surface area contributed by atoms with Gasteiger partial charge in [-0.25, -0.2) is 4.39 Å². The van der Waals surface area contributed by atoms with Crippen LogP contribution >= 0.6 is 11.6 Å². The average molecular weight is 400 g/mol. The lowest BCUT2D eigenvalue weighted by Gasteiger charge is -2.16. The number of rotatable bonds is 4. The summed E-state index contributed by atoms with van der Waals surface area (Å²) in [6, 6.07) is 8.30. The van der Waals surface area contributed by atoms with E-state index in [0.29, 0.717) is 5.56 Å². The molecule has 4 rings (SSSR count). The fourth-order valence-electron chi connectivity index (χ4n) is 3.21. The van der Waals surface area contributed by atoms with E-state index >= 15 is 0 Å². The summed E-state index contributed by atoms with van der Waals surface area (Å²) in [6.45, 7) is 2.11. The summed E-state index contributed by atoms with van der Waals surface area (Å²) in [4.78, 5) is 15.6. The molecule has 0 unspecified atom stereocenters. The third kappa shape index (κ3) is 3.55. The molecule has 1 N–H and O–H groups in total. The molecular weight excluding hydrogens is 384 g/mol. The Morgan fingerprint density at radius 2 is 2.04 bits per heavy atom. The number of nitrogens with one attached hydrogen (secondary N) is 1. The molecule has 1 aliphatic carbocycles. The number of anilines is 2. The van der Waals surface area contributed by atoms with Crippen LogP contribution in [-0.4, -0.2) is 9.55 Å². The highest BCUT2D eigenvalue weighted by Crippen LogP contribution is 2.28. The molecule has 0 aliphatic heterocycles. The van der Waals surface area contributed by atoms with E-state index in [1.54, 1.807) is 6.07 Å². The second kappa shape index (κ2) is 7.20. The molecule has 0 saturated carbocycles. The van der Waals surface area contributed by atoms with Crippen molar-refractivity contribution < 1.29 is 8.78 Å². The van der Waals surface area contributed by atoms with Crippen molar-refractivity contribution in [2.45, 2.75) is 19.9 Å². The first kappa shape index (κ1) is 18.4. The van der Waals surface area contributed by atoms with E-state index in [4.69, 9.17) is 11.6 Å². The Bertz CT molecular complexity index is 1170. The number of fused-ring (bicyclic) bond motifs is 1. The Balaban J connectivity index is 1.72. The first-order valence-corrected chi connectivity index (χ1v) is 9.06. The van der Waals surface area contributed by atoms with Crippen molar-refractivity contribution >= 4 is 29.3 Å². The predicted molar refractivity (Wildman–Crippen MR) is 106 cm³/mol. The summed E-state index contributed by atoms with van der Waals surface area (Å²) in [7, 11) is 0. The van der Waals surface area contributed by atoms with E-state index in [1.165, 1.54) is 22.3 Å². The number of hydrogen-bond donors (Lipinski definition) is 1. The van der Waals surface area contributed by atoms with E-state index in [-0.39, 0.29) is 17.5 Å². The van der Waals surface area contributed by atoms with Crippen LogP contribution < -0.4 is 10.9 Å². The second-order valence-electron chi connectivity index (χ2n) is 6.69. The lowest BCUT2D eigenvalue weighted by Crippen LogP contribution is -2.20. The van der Waals surface area contributed by atoms with Gasteiger partial charge in [-0.05, 0) is 53.8 Å². The molecule has 0 saturated heterocycles. The average Bonchev–Trinajstić information content (AvgIpc) is 3.09. The summed E-state index contributed by atoms with van der Waals surface area (Å²) in [5, 5.41) is 3.10. The molecule has 1 aliphatic rings. The van der Waals surface area contributed by atoms with Gasteiger partial charge in [0.15, 0.2) is 0 Å².